The molecule has 5 nitrogen and oxygen atoms in total. The van der Waals surface area contributed by atoms with E-state index in [1.54, 1.807) is 43.5 Å². The summed E-state index contributed by atoms with van der Waals surface area (Å²) in [4.78, 5) is 4.25. The van der Waals surface area contributed by atoms with Crippen LogP contribution in [-0.4, -0.2) is 19.5 Å². The summed E-state index contributed by atoms with van der Waals surface area (Å²) in [5, 5.41) is 0. The molecule has 1 aromatic heterocycles. The van der Waals surface area contributed by atoms with Gasteiger partial charge in [0.1, 0.15) is 5.75 Å². The molecule has 0 amide bonds. The van der Waals surface area contributed by atoms with Crippen LogP contribution in [0.2, 0.25) is 0 Å². The van der Waals surface area contributed by atoms with Crippen molar-refractivity contribution in [1.82, 2.24) is 4.98 Å². The number of benzene rings is 1. The number of hydrogen-bond donors (Lipinski definition) is 1. The van der Waals surface area contributed by atoms with Gasteiger partial charge in [0, 0.05) is 11.9 Å². The smallest absolute Gasteiger partial charge is 0.261 e. The van der Waals surface area contributed by atoms with Gasteiger partial charge in [0.25, 0.3) is 10.0 Å². The molecule has 0 atom stereocenters. The summed E-state index contributed by atoms with van der Waals surface area (Å²) in [6.07, 6.45) is 1.61. The number of aryl methyl sites for hydroxylation is 2. The highest BCUT2D eigenvalue weighted by molar-refractivity contribution is 7.92. The Morgan fingerprint density at radius 1 is 1.14 bits per heavy atom. The molecule has 0 aliphatic rings. The Morgan fingerprint density at radius 3 is 2.45 bits per heavy atom. The molecule has 0 fully saturated rings. The van der Waals surface area contributed by atoms with Crippen LogP contribution in [0.15, 0.2) is 41.4 Å². The van der Waals surface area contributed by atoms with Crippen LogP contribution in [0.3, 0.4) is 0 Å². The SMILES string of the molecule is Cc1cc(NS(=O)(=O)c2ccc(OC(C)C)c(C)c2)ccn1. The molecule has 0 spiro atoms. The monoisotopic (exact) mass is 320 g/mol. The lowest BCUT2D eigenvalue weighted by molar-refractivity contribution is 0.240. The Hall–Kier alpha value is -2.08. The van der Waals surface area contributed by atoms with Crippen molar-refractivity contribution in [3.05, 3.63) is 47.8 Å². The van der Waals surface area contributed by atoms with Crippen LogP contribution in [-0.2, 0) is 10.0 Å². The maximum Gasteiger partial charge on any atom is 0.261 e. The zero-order valence-electron chi connectivity index (χ0n) is 13.1. The molecule has 0 bridgehead atoms. The van der Waals surface area contributed by atoms with Crippen molar-refractivity contribution in [3.8, 4) is 5.75 Å². The number of anilines is 1. The third-order valence-electron chi connectivity index (χ3n) is 2.97. The first-order valence-corrected chi connectivity index (χ1v) is 8.49. The molecule has 22 heavy (non-hydrogen) atoms. The maximum atomic E-state index is 12.4. The Labute approximate surface area is 131 Å². The number of sulfonamides is 1. The van der Waals surface area contributed by atoms with Crippen molar-refractivity contribution in [2.45, 2.75) is 38.7 Å². The average Bonchev–Trinajstić information content (AvgIpc) is 2.40. The van der Waals surface area contributed by atoms with Gasteiger partial charge < -0.3 is 4.74 Å². The molecule has 0 saturated carbocycles. The molecule has 6 heteroatoms. The molecule has 2 aromatic rings. The molecule has 1 aromatic carbocycles. The third kappa shape index (κ3) is 3.98. The largest absolute Gasteiger partial charge is 0.491 e. The standard InChI is InChI=1S/C16H20N2O3S/c1-11(2)21-16-6-5-15(9-12(16)3)22(19,20)18-14-7-8-17-13(4)10-14/h5-11H,1-4H3,(H,17,18). The molecule has 0 aliphatic carbocycles. The van der Waals surface area contributed by atoms with Gasteiger partial charge in [0.2, 0.25) is 0 Å². The maximum absolute atomic E-state index is 12.4. The lowest BCUT2D eigenvalue weighted by Crippen LogP contribution is -2.14. The minimum atomic E-state index is -3.63. The molecule has 0 radical (unpaired) electrons. The number of aromatic nitrogens is 1. The Balaban J connectivity index is 2.28. The second-order valence-electron chi connectivity index (χ2n) is 5.39. The predicted octanol–water partition coefficient (Wildman–Crippen LogP) is 3.29. The first-order valence-electron chi connectivity index (χ1n) is 7.01. The molecule has 0 aliphatic heterocycles. The van der Waals surface area contributed by atoms with Crippen LogP contribution >= 0.6 is 0 Å². The van der Waals surface area contributed by atoms with E-state index in [1.807, 2.05) is 20.8 Å². The van der Waals surface area contributed by atoms with Gasteiger partial charge in [0.15, 0.2) is 0 Å². The van der Waals surface area contributed by atoms with E-state index >= 15 is 0 Å². The Kier molecular flexibility index (Phi) is 4.71. The highest BCUT2D eigenvalue weighted by Crippen LogP contribution is 2.24. The highest BCUT2D eigenvalue weighted by Gasteiger charge is 2.16. The molecule has 2 rings (SSSR count). The number of rotatable bonds is 5. The fraction of sp³-hybridized carbons (Fsp3) is 0.312. The van der Waals surface area contributed by atoms with Crippen LogP contribution in [0.4, 0.5) is 5.69 Å². The van der Waals surface area contributed by atoms with E-state index in [1.165, 1.54) is 0 Å². The summed E-state index contributed by atoms with van der Waals surface area (Å²) in [7, 11) is -3.63. The Morgan fingerprint density at radius 2 is 1.86 bits per heavy atom. The van der Waals surface area contributed by atoms with Gasteiger partial charge in [-0.1, -0.05) is 0 Å². The number of pyridine rings is 1. The van der Waals surface area contributed by atoms with E-state index in [4.69, 9.17) is 4.74 Å². The van der Waals surface area contributed by atoms with E-state index in [0.29, 0.717) is 11.4 Å². The van der Waals surface area contributed by atoms with E-state index in [9.17, 15) is 8.42 Å². The minimum absolute atomic E-state index is 0.0408. The van der Waals surface area contributed by atoms with Crippen molar-refractivity contribution < 1.29 is 13.2 Å². The van der Waals surface area contributed by atoms with Crippen LogP contribution in [0.5, 0.6) is 5.75 Å². The zero-order chi connectivity index (χ0) is 16.3. The fourth-order valence-corrected chi connectivity index (χ4v) is 3.13. The van der Waals surface area contributed by atoms with Crippen molar-refractivity contribution in [2.24, 2.45) is 0 Å². The second-order valence-corrected chi connectivity index (χ2v) is 7.07. The van der Waals surface area contributed by atoms with Crippen LogP contribution in [0.25, 0.3) is 0 Å². The zero-order valence-corrected chi connectivity index (χ0v) is 13.9. The third-order valence-corrected chi connectivity index (χ3v) is 4.35. The number of hydrogen-bond acceptors (Lipinski definition) is 4. The first kappa shape index (κ1) is 16.3. The summed E-state index contributed by atoms with van der Waals surface area (Å²) in [6.45, 7) is 7.49. The number of nitrogens with zero attached hydrogens (tertiary/aromatic N) is 1. The summed E-state index contributed by atoms with van der Waals surface area (Å²) >= 11 is 0. The van der Waals surface area contributed by atoms with Crippen molar-refractivity contribution in [2.75, 3.05) is 4.72 Å². The summed E-state index contributed by atoms with van der Waals surface area (Å²) in [5.74, 6) is 0.689. The Bertz CT molecular complexity index is 771. The van der Waals surface area contributed by atoms with Crippen LogP contribution in [0, 0.1) is 13.8 Å². The molecule has 118 valence electrons. The number of ether oxygens (including phenoxy) is 1. The topological polar surface area (TPSA) is 68.3 Å². The first-order chi connectivity index (χ1) is 10.3. The molecular weight excluding hydrogens is 300 g/mol. The lowest BCUT2D eigenvalue weighted by atomic mass is 10.2. The predicted molar refractivity (Wildman–Crippen MR) is 86.7 cm³/mol. The van der Waals surface area contributed by atoms with Gasteiger partial charge in [-0.15, -0.1) is 0 Å². The quantitative estimate of drug-likeness (QED) is 0.918. The van der Waals surface area contributed by atoms with Crippen LogP contribution < -0.4 is 9.46 Å². The van der Waals surface area contributed by atoms with Gasteiger partial charge in [0.05, 0.1) is 16.7 Å². The fourth-order valence-electron chi connectivity index (χ4n) is 2.00. The second kappa shape index (κ2) is 6.36. The minimum Gasteiger partial charge on any atom is -0.491 e. The summed E-state index contributed by atoms with van der Waals surface area (Å²) in [5.41, 5.74) is 2.02. The van der Waals surface area contributed by atoms with E-state index < -0.39 is 10.0 Å². The van der Waals surface area contributed by atoms with E-state index in [-0.39, 0.29) is 11.0 Å². The molecule has 0 saturated heterocycles. The molecule has 1 N–H and O–H groups in total. The molecular formula is C16H20N2O3S. The van der Waals surface area contributed by atoms with Crippen molar-refractivity contribution >= 4 is 15.7 Å². The van der Waals surface area contributed by atoms with E-state index in [0.717, 1.165) is 11.3 Å². The summed E-state index contributed by atoms with van der Waals surface area (Å²) in [6, 6.07) is 8.13. The van der Waals surface area contributed by atoms with Gasteiger partial charge >= 0.3 is 0 Å². The molecule has 0 unspecified atom stereocenters. The number of nitrogens with one attached hydrogen (secondary N) is 1. The van der Waals surface area contributed by atoms with Gasteiger partial charge in [-0.25, -0.2) is 8.42 Å². The lowest BCUT2D eigenvalue weighted by Gasteiger charge is -2.14. The summed E-state index contributed by atoms with van der Waals surface area (Å²) < 4.78 is 33.0. The van der Waals surface area contributed by atoms with E-state index in [2.05, 4.69) is 9.71 Å². The van der Waals surface area contributed by atoms with Crippen molar-refractivity contribution in [3.63, 3.8) is 0 Å². The van der Waals surface area contributed by atoms with Crippen LogP contribution in [0.1, 0.15) is 25.1 Å². The van der Waals surface area contributed by atoms with Gasteiger partial charge in [-0.05, 0) is 63.6 Å². The average molecular weight is 320 g/mol. The normalized spacial score (nSPS) is 11.5. The molecule has 1 heterocycles. The highest BCUT2D eigenvalue weighted by atomic mass is 32.2. The van der Waals surface area contributed by atoms with Crippen molar-refractivity contribution in [1.29, 1.82) is 0 Å². The van der Waals surface area contributed by atoms with Gasteiger partial charge in [-0.3, -0.25) is 9.71 Å². The van der Waals surface area contributed by atoms with Gasteiger partial charge in [-0.2, -0.15) is 0 Å².